The molecule has 146 valence electrons. The fourth-order valence-electron chi connectivity index (χ4n) is 2.81. The second kappa shape index (κ2) is 7.71. The van der Waals surface area contributed by atoms with Gasteiger partial charge in [0.15, 0.2) is 5.69 Å². The minimum Gasteiger partial charge on any atom is -0.328 e. The number of para-hydroxylation sites is 2. The van der Waals surface area contributed by atoms with Gasteiger partial charge in [-0.2, -0.15) is 18.3 Å². The highest BCUT2D eigenvalue weighted by molar-refractivity contribution is 6.06. The Morgan fingerprint density at radius 3 is 2.50 bits per heavy atom. The van der Waals surface area contributed by atoms with E-state index in [1.54, 1.807) is 31.2 Å². The number of amides is 2. The number of likely N-dealkylation sites (N-methyl/N-ethyl adjacent to an activating group) is 1. The summed E-state index contributed by atoms with van der Waals surface area (Å²) < 4.78 is 39.2. The van der Waals surface area contributed by atoms with E-state index in [4.69, 9.17) is 0 Å². The van der Waals surface area contributed by atoms with Gasteiger partial charge in [0.2, 0.25) is 5.91 Å². The summed E-state index contributed by atoms with van der Waals surface area (Å²) >= 11 is 0. The van der Waals surface area contributed by atoms with Crippen LogP contribution in [0.25, 0.3) is 10.9 Å². The van der Waals surface area contributed by atoms with Crippen LogP contribution in [0.4, 0.5) is 18.9 Å². The number of aromatic amines is 1. The molecule has 28 heavy (non-hydrogen) atoms. The van der Waals surface area contributed by atoms with Crippen LogP contribution in [0.15, 0.2) is 48.5 Å². The molecule has 2 aromatic carbocycles. The van der Waals surface area contributed by atoms with Crippen LogP contribution in [-0.2, 0) is 11.0 Å². The van der Waals surface area contributed by atoms with Crippen LogP contribution in [0.2, 0.25) is 0 Å². The number of alkyl halides is 3. The lowest BCUT2D eigenvalue weighted by Gasteiger charge is -2.20. The molecule has 0 saturated carbocycles. The highest BCUT2D eigenvalue weighted by atomic mass is 19.4. The average molecular weight is 390 g/mol. The third-order valence-electron chi connectivity index (χ3n) is 4.18. The second-order valence-corrected chi connectivity index (χ2v) is 6.03. The standard InChI is InChI=1S/C19H17F3N4O2/c1-2-26(18(28)17-12-7-3-5-9-14(12)24-25-17)11-16(27)23-15-10-6-4-8-13(15)19(20,21)22/h3-10H,2,11H2,1H3,(H,23,27)(H,24,25). The number of rotatable bonds is 5. The maximum absolute atomic E-state index is 13.1. The van der Waals surface area contributed by atoms with Crippen molar-refractivity contribution < 1.29 is 22.8 Å². The van der Waals surface area contributed by atoms with E-state index in [2.05, 4.69) is 15.5 Å². The number of nitrogens with one attached hydrogen (secondary N) is 2. The molecule has 0 saturated heterocycles. The normalized spacial score (nSPS) is 11.4. The molecule has 0 spiro atoms. The SMILES string of the molecule is CCN(CC(=O)Nc1ccccc1C(F)(F)F)C(=O)c1n[nH]c2ccccc12. The second-order valence-electron chi connectivity index (χ2n) is 6.03. The smallest absolute Gasteiger partial charge is 0.328 e. The first-order valence-electron chi connectivity index (χ1n) is 8.49. The molecule has 0 bridgehead atoms. The van der Waals surface area contributed by atoms with Crippen LogP contribution in [0.3, 0.4) is 0 Å². The molecular weight excluding hydrogens is 373 g/mol. The summed E-state index contributed by atoms with van der Waals surface area (Å²) in [5.74, 6) is -1.22. The Labute approximate surface area is 158 Å². The molecule has 9 heteroatoms. The molecule has 0 aliphatic carbocycles. The number of fused-ring (bicyclic) bond motifs is 1. The Hall–Kier alpha value is -3.36. The minimum atomic E-state index is -4.60. The third kappa shape index (κ3) is 3.98. The predicted octanol–water partition coefficient (Wildman–Crippen LogP) is 3.68. The van der Waals surface area contributed by atoms with Gasteiger partial charge in [-0.25, -0.2) is 0 Å². The maximum Gasteiger partial charge on any atom is 0.418 e. The van der Waals surface area contributed by atoms with Crippen molar-refractivity contribution in [2.45, 2.75) is 13.1 Å². The summed E-state index contributed by atoms with van der Waals surface area (Å²) in [5.41, 5.74) is -0.476. The van der Waals surface area contributed by atoms with Gasteiger partial charge in [0.1, 0.15) is 6.54 Å². The Kier molecular flexibility index (Phi) is 5.34. The molecule has 0 aliphatic rings. The molecular formula is C19H17F3N4O2. The van der Waals surface area contributed by atoms with Gasteiger partial charge >= 0.3 is 6.18 Å². The molecule has 0 unspecified atom stereocenters. The van der Waals surface area contributed by atoms with Crippen LogP contribution < -0.4 is 5.32 Å². The topological polar surface area (TPSA) is 78.1 Å². The van der Waals surface area contributed by atoms with Crippen molar-refractivity contribution >= 4 is 28.4 Å². The maximum atomic E-state index is 13.1. The summed E-state index contributed by atoms with van der Waals surface area (Å²) in [6.45, 7) is 1.46. The lowest BCUT2D eigenvalue weighted by molar-refractivity contribution is -0.137. The number of hydrogen-bond acceptors (Lipinski definition) is 3. The number of carbonyl (C=O) groups excluding carboxylic acids is 2. The molecule has 6 nitrogen and oxygen atoms in total. The average Bonchev–Trinajstić information content (AvgIpc) is 3.09. The van der Waals surface area contributed by atoms with E-state index in [1.807, 2.05) is 0 Å². The van der Waals surface area contributed by atoms with E-state index < -0.39 is 30.1 Å². The van der Waals surface area contributed by atoms with Crippen molar-refractivity contribution in [3.63, 3.8) is 0 Å². The van der Waals surface area contributed by atoms with Crippen LogP contribution >= 0.6 is 0 Å². The fraction of sp³-hybridized carbons (Fsp3) is 0.211. The largest absolute Gasteiger partial charge is 0.418 e. The monoisotopic (exact) mass is 390 g/mol. The molecule has 2 amide bonds. The van der Waals surface area contributed by atoms with Gasteiger partial charge in [-0.15, -0.1) is 0 Å². The Morgan fingerprint density at radius 1 is 1.11 bits per heavy atom. The highest BCUT2D eigenvalue weighted by Gasteiger charge is 2.33. The minimum absolute atomic E-state index is 0.154. The summed E-state index contributed by atoms with van der Waals surface area (Å²) in [6.07, 6.45) is -4.60. The molecule has 0 aliphatic heterocycles. The van der Waals surface area contributed by atoms with Crippen molar-refractivity contribution in [2.24, 2.45) is 0 Å². The Bertz CT molecular complexity index is 1010. The van der Waals surface area contributed by atoms with E-state index in [0.29, 0.717) is 10.9 Å². The first kappa shape index (κ1) is 19.4. The number of halogens is 3. The van der Waals surface area contributed by atoms with Gasteiger partial charge in [0.05, 0.1) is 16.8 Å². The van der Waals surface area contributed by atoms with Gasteiger partial charge < -0.3 is 10.2 Å². The lowest BCUT2D eigenvalue weighted by atomic mass is 10.1. The number of nitrogens with zero attached hydrogens (tertiary/aromatic N) is 2. The first-order valence-corrected chi connectivity index (χ1v) is 8.49. The van der Waals surface area contributed by atoms with Crippen molar-refractivity contribution in [3.8, 4) is 0 Å². The Balaban J connectivity index is 1.77. The zero-order chi connectivity index (χ0) is 20.3. The van der Waals surface area contributed by atoms with Crippen LogP contribution in [-0.4, -0.2) is 40.0 Å². The molecule has 3 rings (SSSR count). The van der Waals surface area contributed by atoms with E-state index in [-0.39, 0.29) is 17.9 Å². The van der Waals surface area contributed by atoms with E-state index in [9.17, 15) is 22.8 Å². The highest BCUT2D eigenvalue weighted by Crippen LogP contribution is 2.34. The molecule has 2 N–H and O–H groups in total. The summed E-state index contributed by atoms with van der Waals surface area (Å²) in [7, 11) is 0. The molecule has 0 radical (unpaired) electrons. The fourth-order valence-corrected chi connectivity index (χ4v) is 2.81. The number of carbonyl (C=O) groups is 2. The molecule has 1 heterocycles. The zero-order valence-corrected chi connectivity index (χ0v) is 14.9. The molecule has 1 aromatic heterocycles. The van der Waals surface area contributed by atoms with Crippen molar-refractivity contribution in [1.82, 2.24) is 15.1 Å². The van der Waals surface area contributed by atoms with Crippen LogP contribution in [0, 0.1) is 0 Å². The third-order valence-corrected chi connectivity index (χ3v) is 4.18. The lowest BCUT2D eigenvalue weighted by Crippen LogP contribution is -2.38. The molecule has 0 fully saturated rings. The van der Waals surface area contributed by atoms with E-state index >= 15 is 0 Å². The van der Waals surface area contributed by atoms with Gasteiger partial charge in [-0.3, -0.25) is 14.7 Å². The van der Waals surface area contributed by atoms with E-state index in [1.165, 1.54) is 23.1 Å². The van der Waals surface area contributed by atoms with Gasteiger partial charge in [0.25, 0.3) is 5.91 Å². The molecule has 3 aromatic rings. The number of benzene rings is 2. The van der Waals surface area contributed by atoms with Crippen LogP contribution in [0.5, 0.6) is 0 Å². The van der Waals surface area contributed by atoms with Crippen molar-refractivity contribution in [1.29, 1.82) is 0 Å². The van der Waals surface area contributed by atoms with Crippen molar-refractivity contribution in [2.75, 3.05) is 18.4 Å². The van der Waals surface area contributed by atoms with Crippen molar-refractivity contribution in [3.05, 3.63) is 59.8 Å². The summed E-state index contributed by atoms with van der Waals surface area (Å²) in [5, 5.41) is 9.59. The predicted molar refractivity (Wildman–Crippen MR) is 97.7 cm³/mol. The number of anilines is 1. The quantitative estimate of drug-likeness (QED) is 0.698. The summed E-state index contributed by atoms with van der Waals surface area (Å²) in [6, 6.07) is 11.7. The van der Waals surface area contributed by atoms with Gasteiger partial charge in [-0.05, 0) is 25.1 Å². The number of hydrogen-bond donors (Lipinski definition) is 2. The number of aromatic nitrogens is 2. The first-order chi connectivity index (χ1) is 13.3. The number of H-pyrrole nitrogens is 1. The van der Waals surface area contributed by atoms with Gasteiger partial charge in [-0.1, -0.05) is 30.3 Å². The van der Waals surface area contributed by atoms with E-state index in [0.717, 1.165) is 6.07 Å². The van der Waals surface area contributed by atoms with Gasteiger partial charge in [0, 0.05) is 11.9 Å². The van der Waals surface area contributed by atoms with Crippen LogP contribution in [0.1, 0.15) is 23.0 Å². The summed E-state index contributed by atoms with van der Waals surface area (Å²) in [4.78, 5) is 26.3. The Morgan fingerprint density at radius 2 is 1.79 bits per heavy atom. The zero-order valence-electron chi connectivity index (χ0n) is 14.9. The molecule has 0 atom stereocenters.